The van der Waals surface area contributed by atoms with Gasteiger partial charge in [-0.15, -0.1) is 0 Å². The fraction of sp³-hybridized carbons (Fsp3) is 0.385. The van der Waals surface area contributed by atoms with Crippen LogP contribution in [0.1, 0.15) is 23.7 Å². The van der Waals surface area contributed by atoms with E-state index < -0.39 is 18.7 Å². The second-order valence-corrected chi connectivity index (χ2v) is 3.79. The average Bonchev–Trinajstić information content (AvgIpc) is 2.44. The van der Waals surface area contributed by atoms with E-state index >= 15 is 0 Å². The van der Waals surface area contributed by atoms with Gasteiger partial charge in [-0.25, -0.2) is 4.79 Å². The lowest BCUT2D eigenvalue weighted by Crippen LogP contribution is -2.21. The first kappa shape index (κ1) is 15.1. The molecule has 1 atom stereocenters. The minimum atomic E-state index is -1.09. The van der Waals surface area contributed by atoms with E-state index in [1.807, 2.05) is 0 Å². The van der Waals surface area contributed by atoms with Crippen LogP contribution in [0.25, 0.3) is 0 Å². The zero-order valence-corrected chi connectivity index (χ0v) is 10.5. The van der Waals surface area contributed by atoms with Gasteiger partial charge >= 0.3 is 11.9 Å². The Balaban J connectivity index is 2.55. The molecule has 0 fully saturated rings. The predicted molar refractivity (Wildman–Crippen MR) is 65.7 cm³/mol. The van der Waals surface area contributed by atoms with Crippen LogP contribution in [0.2, 0.25) is 0 Å². The maximum atomic E-state index is 11.5. The van der Waals surface area contributed by atoms with Gasteiger partial charge in [0.25, 0.3) is 0 Å². The number of ether oxygens (including phenoxy) is 2. The van der Waals surface area contributed by atoms with Gasteiger partial charge in [-0.1, -0.05) is 6.92 Å². The van der Waals surface area contributed by atoms with Gasteiger partial charge in [0.1, 0.15) is 18.5 Å². The highest BCUT2D eigenvalue weighted by atomic mass is 16.5. The molecule has 0 aliphatic rings. The molecule has 1 rings (SSSR count). The Hall–Kier alpha value is -1.92. The van der Waals surface area contributed by atoms with Gasteiger partial charge in [-0.05, 0) is 24.3 Å². The minimum absolute atomic E-state index is 0.265. The quantitative estimate of drug-likeness (QED) is 0.577. The first-order valence-corrected chi connectivity index (χ1v) is 5.83. The smallest absolute Gasteiger partial charge is 0.338 e. The minimum Gasteiger partial charge on any atom is -0.459 e. The van der Waals surface area contributed by atoms with Crippen LogP contribution >= 0.6 is 0 Å². The molecule has 0 spiro atoms. The van der Waals surface area contributed by atoms with E-state index in [1.54, 1.807) is 6.92 Å². The summed E-state index contributed by atoms with van der Waals surface area (Å²) in [7, 11) is 0. The number of carbonyl (C=O) groups excluding carboxylic acids is 2. The summed E-state index contributed by atoms with van der Waals surface area (Å²) in [6, 6.07) is 5.86. The molecule has 0 radical (unpaired) electrons. The van der Waals surface area contributed by atoms with Crippen LogP contribution in [0, 0.1) is 0 Å². The summed E-state index contributed by atoms with van der Waals surface area (Å²) < 4.78 is 9.72. The number of benzene rings is 1. The van der Waals surface area contributed by atoms with E-state index in [-0.39, 0.29) is 24.6 Å². The Morgan fingerprint density at radius 2 is 1.89 bits per heavy atom. The number of carbonyl (C=O) groups is 2. The third-order valence-electron chi connectivity index (χ3n) is 2.23. The van der Waals surface area contributed by atoms with Crippen molar-refractivity contribution in [3.05, 3.63) is 29.8 Å². The van der Waals surface area contributed by atoms with Gasteiger partial charge in [0.2, 0.25) is 0 Å². The fourth-order valence-electron chi connectivity index (χ4n) is 1.17. The van der Waals surface area contributed by atoms with Crippen molar-refractivity contribution in [2.75, 3.05) is 13.2 Å². The van der Waals surface area contributed by atoms with E-state index in [4.69, 9.17) is 19.7 Å². The molecule has 1 unspecified atom stereocenters. The third-order valence-corrected chi connectivity index (χ3v) is 2.23. The summed E-state index contributed by atoms with van der Waals surface area (Å²) in [6.07, 6.45) is -0.822. The molecule has 2 N–H and O–H groups in total. The molecular weight excluding hydrogens is 252 g/mol. The van der Waals surface area contributed by atoms with E-state index in [0.717, 1.165) is 0 Å². The van der Waals surface area contributed by atoms with Crippen molar-refractivity contribution >= 4 is 11.9 Å². The SMILES string of the molecule is CCC(=O)Oc1ccc(C(=O)OCC(O)CO)cc1. The van der Waals surface area contributed by atoms with Crippen LogP contribution in [-0.4, -0.2) is 41.5 Å². The van der Waals surface area contributed by atoms with Crippen molar-refractivity contribution in [2.24, 2.45) is 0 Å². The van der Waals surface area contributed by atoms with E-state index in [1.165, 1.54) is 24.3 Å². The summed E-state index contributed by atoms with van der Waals surface area (Å²) in [5.41, 5.74) is 0.265. The second-order valence-electron chi connectivity index (χ2n) is 3.79. The Morgan fingerprint density at radius 3 is 2.42 bits per heavy atom. The summed E-state index contributed by atoms with van der Waals surface area (Å²) in [6.45, 7) is 0.932. The maximum Gasteiger partial charge on any atom is 0.338 e. The molecule has 6 nitrogen and oxygen atoms in total. The number of esters is 2. The van der Waals surface area contributed by atoms with Crippen molar-refractivity contribution in [2.45, 2.75) is 19.4 Å². The van der Waals surface area contributed by atoms with Crippen LogP contribution in [0.4, 0.5) is 0 Å². The number of hydrogen-bond donors (Lipinski definition) is 2. The molecule has 0 amide bonds. The molecule has 0 heterocycles. The van der Waals surface area contributed by atoms with Gasteiger partial charge in [0, 0.05) is 6.42 Å². The second kappa shape index (κ2) is 7.50. The van der Waals surface area contributed by atoms with Crippen molar-refractivity contribution < 1.29 is 29.3 Å². The van der Waals surface area contributed by atoms with Crippen LogP contribution in [0.3, 0.4) is 0 Å². The largest absolute Gasteiger partial charge is 0.459 e. The van der Waals surface area contributed by atoms with Crippen LogP contribution < -0.4 is 4.74 Å². The van der Waals surface area contributed by atoms with Crippen LogP contribution in [-0.2, 0) is 9.53 Å². The van der Waals surface area contributed by atoms with Crippen LogP contribution in [0.15, 0.2) is 24.3 Å². The number of hydrogen-bond acceptors (Lipinski definition) is 6. The van der Waals surface area contributed by atoms with Gasteiger partial charge in [-0.2, -0.15) is 0 Å². The standard InChI is InChI=1S/C13H16O6/c1-2-12(16)19-11-5-3-9(4-6-11)13(17)18-8-10(15)7-14/h3-6,10,14-15H,2,7-8H2,1H3. The average molecular weight is 268 g/mol. The molecule has 0 saturated heterocycles. The number of aliphatic hydroxyl groups excluding tert-OH is 2. The first-order chi connectivity index (χ1) is 9.06. The zero-order valence-electron chi connectivity index (χ0n) is 10.5. The van der Waals surface area contributed by atoms with Gasteiger partial charge in [0.05, 0.1) is 12.2 Å². The lowest BCUT2D eigenvalue weighted by Gasteiger charge is -2.08. The van der Waals surface area contributed by atoms with E-state index in [2.05, 4.69) is 0 Å². The molecule has 1 aromatic rings. The molecule has 0 aromatic heterocycles. The maximum absolute atomic E-state index is 11.5. The zero-order chi connectivity index (χ0) is 14.3. The lowest BCUT2D eigenvalue weighted by molar-refractivity contribution is -0.134. The first-order valence-electron chi connectivity index (χ1n) is 5.83. The molecule has 19 heavy (non-hydrogen) atoms. The normalized spacial score (nSPS) is 11.7. The molecule has 6 heteroatoms. The molecule has 0 aliphatic heterocycles. The van der Waals surface area contributed by atoms with E-state index in [9.17, 15) is 9.59 Å². The Bertz CT molecular complexity index is 425. The summed E-state index contributed by atoms with van der Waals surface area (Å²) >= 11 is 0. The van der Waals surface area contributed by atoms with Crippen molar-refractivity contribution in [3.8, 4) is 5.75 Å². The van der Waals surface area contributed by atoms with Gasteiger partial charge < -0.3 is 19.7 Å². The third kappa shape index (κ3) is 5.07. The monoisotopic (exact) mass is 268 g/mol. The van der Waals surface area contributed by atoms with Crippen molar-refractivity contribution in [1.29, 1.82) is 0 Å². The Kier molecular flexibility index (Phi) is 5.98. The topological polar surface area (TPSA) is 93.1 Å². The molecule has 1 aromatic carbocycles. The van der Waals surface area contributed by atoms with Crippen molar-refractivity contribution in [3.63, 3.8) is 0 Å². The Labute approximate surface area is 110 Å². The molecule has 104 valence electrons. The molecular formula is C13H16O6. The van der Waals surface area contributed by atoms with Crippen LogP contribution in [0.5, 0.6) is 5.75 Å². The highest BCUT2D eigenvalue weighted by Gasteiger charge is 2.11. The van der Waals surface area contributed by atoms with Gasteiger partial charge in [0.15, 0.2) is 0 Å². The molecule has 0 saturated carbocycles. The molecule has 0 bridgehead atoms. The van der Waals surface area contributed by atoms with E-state index in [0.29, 0.717) is 5.75 Å². The lowest BCUT2D eigenvalue weighted by atomic mass is 10.2. The highest BCUT2D eigenvalue weighted by Crippen LogP contribution is 2.13. The summed E-state index contributed by atoms with van der Waals surface area (Å²) in [5, 5.41) is 17.6. The Morgan fingerprint density at radius 1 is 1.26 bits per heavy atom. The fourth-order valence-corrected chi connectivity index (χ4v) is 1.17. The summed E-state index contributed by atoms with van der Waals surface area (Å²) in [5.74, 6) is -0.638. The number of aliphatic hydroxyl groups is 2. The summed E-state index contributed by atoms with van der Waals surface area (Å²) in [4.78, 5) is 22.6. The predicted octanol–water partition coefficient (Wildman–Crippen LogP) is 0.512. The van der Waals surface area contributed by atoms with Gasteiger partial charge in [-0.3, -0.25) is 4.79 Å². The number of rotatable bonds is 6. The molecule has 0 aliphatic carbocycles. The van der Waals surface area contributed by atoms with Crippen molar-refractivity contribution in [1.82, 2.24) is 0 Å². The highest BCUT2D eigenvalue weighted by molar-refractivity contribution is 5.89.